The molecule has 2 amide bonds. The number of carbonyl (C=O) groups excluding carboxylic acids is 1. The average molecular weight is 279 g/mol. The van der Waals surface area contributed by atoms with E-state index in [0.29, 0.717) is 11.4 Å². The van der Waals surface area contributed by atoms with Gasteiger partial charge in [-0.3, -0.25) is 4.90 Å². The van der Waals surface area contributed by atoms with E-state index in [9.17, 15) is 10.1 Å². The number of urea groups is 1. The fourth-order valence-electron chi connectivity index (χ4n) is 2.02. The number of amides is 2. The molecular weight excluding hydrogens is 262 g/mol. The lowest BCUT2D eigenvalue weighted by Gasteiger charge is -2.33. The molecule has 0 aliphatic rings. The van der Waals surface area contributed by atoms with Gasteiger partial charge in [0.2, 0.25) is 0 Å². The number of anilines is 2. The number of hydrogen-bond acceptors (Lipinski definition) is 2. The zero-order chi connectivity index (χ0) is 15.3. The third kappa shape index (κ3) is 3.40. The van der Waals surface area contributed by atoms with Crippen molar-refractivity contribution < 1.29 is 4.79 Å². The Morgan fingerprint density at radius 2 is 1.57 bits per heavy atom. The van der Waals surface area contributed by atoms with Crippen LogP contribution in [0.25, 0.3) is 0 Å². The lowest BCUT2D eigenvalue weighted by molar-refractivity contribution is 0.253. The molecule has 2 rings (SSSR count). The maximum Gasteiger partial charge on any atom is 0.327 e. The van der Waals surface area contributed by atoms with E-state index in [1.54, 1.807) is 26.0 Å². The van der Waals surface area contributed by atoms with Crippen LogP contribution in [0.4, 0.5) is 16.2 Å². The number of nitriles is 1. The Hall–Kier alpha value is -2.80. The predicted octanol–water partition coefficient (Wildman–Crippen LogP) is 4.03. The second-order valence-electron chi connectivity index (χ2n) is 5.14. The number of nitrogens with one attached hydrogen (secondary N) is 1. The maximum atomic E-state index is 12.6. The molecule has 0 saturated heterocycles. The van der Waals surface area contributed by atoms with Gasteiger partial charge in [0.1, 0.15) is 5.54 Å². The first-order valence-corrected chi connectivity index (χ1v) is 6.67. The van der Waals surface area contributed by atoms with Gasteiger partial charge >= 0.3 is 6.03 Å². The molecule has 2 aromatic carbocycles. The van der Waals surface area contributed by atoms with E-state index in [1.165, 1.54) is 4.90 Å². The minimum Gasteiger partial charge on any atom is -0.308 e. The Morgan fingerprint density at radius 3 is 2.10 bits per heavy atom. The molecule has 0 atom stereocenters. The van der Waals surface area contributed by atoms with Crippen molar-refractivity contribution in [1.82, 2.24) is 0 Å². The topological polar surface area (TPSA) is 56.1 Å². The van der Waals surface area contributed by atoms with Gasteiger partial charge in [-0.1, -0.05) is 36.4 Å². The molecule has 0 heterocycles. The summed E-state index contributed by atoms with van der Waals surface area (Å²) in [5.74, 6) is 0. The molecule has 4 nitrogen and oxygen atoms in total. The summed E-state index contributed by atoms with van der Waals surface area (Å²) in [4.78, 5) is 14.0. The molecule has 0 saturated carbocycles. The van der Waals surface area contributed by atoms with E-state index in [1.807, 2.05) is 48.5 Å². The van der Waals surface area contributed by atoms with Crippen LogP contribution >= 0.6 is 0 Å². The Balaban J connectivity index is 2.33. The van der Waals surface area contributed by atoms with Crippen LogP contribution in [0.15, 0.2) is 60.7 Å². The molecule has 106 valence electrons. The van der Waals surface area contributed by atoms with E-state index in [4.69, 9.17) is 0 Å². The van der Waals surface area contributed by atoms with Gasteiger partial charge in [0.25, 0.3) is 0 Å². The summed E-state index contributed by atoms with van der Waals surface area (Å²) in [7, 11) is 0. The van der Waals surface area contributed by atoms with Crippen LogP contribution in [0.2, 0.25) is 0 Å². The molecule has 0 spiro atoms. The Labute approximate surface area is 124 Å². The molecule has 0 bridgehead atoms. The summed E-state index contributed by atoms with van der Waals surface area (Å²) < 4.78 is 0. The van der Waals surface area contributed by atoms with Crippen LogP contribution in [-0.4, -0.2) is 11.6 Å². The average Bonchev–Trinajstić information content (AvgIpc) is 2.49. The number of rotatable bonds is 3. The van der Waals surface area contributed by atoms with Gasteiger partial charge in [-0.2, -0.15) is 5.26 Å². The fraction of sp³-hybridized carbons (Fsp3) is 0.176. The molecule has 0 unspecified atom stereocenters. The van der Waals surface area contributed by atoms with Gasteiger partial charge in [0.15, 0.2) is 0 Å². The smallest absolute Gasteiger partial charge is 0.308 e. The molecule has 0 radical (unpaired) electrons. The van der Waals surface area contributed by atoms with E-state index in [0.717, 1.165) is 0 Å². The fourth-order valence-corrected chi connectivity index (χ4v) is 2.02. The summed E-state index contributed by atoms with van der Waals surface area (Å²) >= 11 is 0. The molecule has 21 heavy (non-hydrogen) atoms. The summed E-state index contributed by atoms with van der Waals surface area (Å²) in [5.41, 5.74) is 0.412. The van der Waals surface area contributed by atoms with Crippen molar-refractivity contribution in [2.45, 2.75) is 19.4 Å². The second-order valence-corrected chi connectivity index (χ2v) is 5.14. The van der Waals surface area contributed by atoms with E-state index in [2.05, 4.69) is 11.4 Å². The zero-order valence-corrected chi connectivity index (χ0v) is 12.1. The third-order valence-corrected chi connectivity index (χ3v) is 3.08. The minimum atomic E-state index is -0.958. The van der Waals surface area contributed by atoms with Gasteiger partial charge in [-0.25, -0.2) is 4.79 Å². The van der Waals surface area contributed by atoms with Crippen LogP contribution in [0.1, 0.15) is 13.8 Å². The summed E-state index contributed by atoms with van der Waals surface area (Å²) in [6.45, 7) is 3.43. The zero-order valence-electron chi connectivity index (χ0n) is 12.1. The van der Waals surface area contributed by atoms with Crippen LogP contribution in [0, 0.1) is 11.3 Å². The summed E-state index contributed by atoms with van der Waals surface area (Å²) in [6.07, 6.45) is 0. The van der Waals surface area contributed by atoms with Gasteiger partial charge in [0.05, 0.1) is 6.07 Å². The first kappa shape index (κ1) is 14.6. The summed E-state index contributed by atoms with van der Waals surface area (Å²) in [5, 5.41) is 12.2. The third-order valence-electron chi connectivity index (χ3n) is 3.08. The van der Waals surface area contributed by atoms with Crippen LogP contribution in [0.3, 0.4) is 0 Å². The molecular formula is C17H17N3O. The first-order chi connectivity index (χ1) is 10.0. The first-order valence-electron chi connectivity index (χ1n) is 6.67. The van der Waals surface area contributed by atoms with Crippen molar-refractivity contribution in [2.75, 3.05) is 10.2 Å². The lowest BCUT2D eigenvalue weighted by Crippen LogP contribution is -2.49. The van der Waals surface area contributed by atoms with Crippen molar-refractivity contribution in [3.63, 3.8) is 0 Å². The molecule has 0 aliphatic heterocycles. The second kappa shape index (κ2) is 6.10. The van der Waals surface area contributed by atoms with Gasteiger partial charge in [-0.15, -0.1) is 0 Å². The van der Waals surface area contributed by atoms with Crippen molar-refractivity contribution in [3.05, 3.63) is 60.7 Å². The van der Waals surface area contributed by atoms with Gasteiger partial charge in [0, 0.05) is 11.4 Å². The highest BCUT2D eigenvalue weighted by Crippen LogP contribution is 2.24. The lowest BCUT2D eigenvalue weighted by atomic mass is 10.0. The SMILES string of the molecule is CC(C)(C#N)N(C(=O)Nc1ccccc1)c1ccccc1. The van der Waals surface area contributed by atoms with E-state index < -0.39 is 5.54 Å². The molecule has 0 aromatic heterocycles. The van der Waals surface area contributed by atoms with Crippen LogP contribution in [-0.2, 0) is 0 Å². The number of carbonyl (C=O) groups is 1. The van der Waals surface area contributed by atoms with Crippen LogP contribution in [0.5, 0.6) is 0 Å². The molecule has 1 N–H and O–H groups in total. The largest absolute Gasteiger partial charge is 0.327 e. The molecule has 0 aliphatic carbocycles. The van der Waals surface area contributed by atoms with E-state index >= 15 is 0 Å². The Morgan fingerprint density at radius 1 is 1.05 bits per heavy atom. The normalized spacial score (nSPS) is 10.5. The Kier molecular flexibility index (Phi) is 4.24. The quantitative estimate of drug-likeness (QED) is 0.922. The molecule has 4 heteroatoms. The van der Waals surface area contributed by atoms with Crippen molar-refractivity contribution >= 4 is 17.4 Å². The Bertz CT molecular complexity index is 645. The minimum absolute atomic E-state index is 0.334. The number of nitrogens with zero attached hydrogens (tertiary/aromatic N) is 2. The van der Waals surface area contributed by atoms with Crippen molar-refractivity contribution in [2.24, 2.45) is 0 Å². The summed E-state index contributed by atoms with van der Waals surface area (Å²) in [6, 6.07) is 20.2. The number of para-hydroxylation sites is 2. The highest BCUT2D eigenvalue weighted by atomic mass is 16.2. The molecule has 0 fully saturated rings. The number of benzene rings is 2. The highest BCUT2D eigenvalue weighted by molar-refractivity contribution is 6.03. The monoisotopic (exact) mass is 279 g/mol. The van der Waals surface area contributed by atoms with Gasteiger partial charge in [-0.05, 0) is 38.1 Å². The standard InChI is InChI=1S/C17H17N3O/c1-17(2,13-18)20(15-11-7-4-8-12-15)16(21)19-14-9-5-3-6-10-14/h3-12H,1-2H3,(H,19,21). The van der Waals surface area contributed by atoms with Crippen molar-refractivity contribution in [1.29, 1.82) is 5.26 Å². The van der Waals surface area contributed by atoms with E-state index in [-0.39, 0.29) is 6.03 Å². The molecule has 2 aromatic rings. The highest BCUT2D eigenvalue weighted by Gasteiger charge is 2.32. The van der Waals surface area contributed by atoms with Crippen LogP contribution < -0.4 is 10.2 Å². The van der Waals surface area contributed by atoms with Crippen molar-refractivity contribution in [3.8, 4) is 6.07 Å². The number of hydrogen-bond donors (Lipinski definition) is 1. The van der Waals surface area contributed by atoms with Gasteiger partial charge < -0.3 is 5.32 Å². The predicted molar refractivity (Wildman–Crippen MR) is 84.1 cm³/mol. The maximum absolute atomic E-state index is 12.6.